The van der Waals surface area contributed by atoms with Gasteiger partial charge in [-0.1, -0.05) is 35.9 Å². The highest BCUT2D eigenvalue weighted by Gasteiger charge is 1.93. The summed E-state index contributed by atoms with van der Waals surface area (Å²) in [4.78, 5) is 0. The van der Waals surface area contributed by atoms with Gasteiger partial charge in [0.1, 0.15) is 0 Å². The summed E-state index contributed by atoms with van der Waals surface area (Å²) in [7, 11) is 0. The third kappa shape index (κ3) is 3.91. The summed E-state index contributed by atoms with van der Waals surface area (Å²) in [6.45, 7) is 2.01. The van der Waals surface area contributed by atoms with E-state index in [0.717, 1.165) is 19.3 Å². The van der Waals surface area contributed by atoms with Crippen molar-refractivity contribution >= 4 is 0 Å². The van der Waals surface area contributed by atoms with Crippen molar-refractivity contribution in [2.45, 2.75) is 26.2 Å². The number of aryl methyl sites for hydroxylation is 1. The van der Waals surface area contributed by atoms with Crippen molar-refractivity contribution in [3.63, 3.8) is 0 Å². The minimum absolute atomic E-state index is 1.02. The van der Waals surface area contributed by atoms with Crippen LogP contribution in [0.4, 0.5) is 0 Å². The minimum atomic E-state index is 1.02. The van der Waals surface area contributed by atoms with Crippen LogP contribution in [0.3, 0.4) is 0 Å². The maximum atomic E-state index is 8.43. The van der Waals surface area contributed by atoms with Gasteiger partial charge in [0.05, 0.1) is 6.07 Å². The van der Waals surface area contributed by atoms with E-state index in [1.165, 1.54) is 11.1 Å². The summed E-state index contributed by atoms with van der Waals surface area (Å²) in [6, 6.07) is 12.5. The molecule has 1 aromatic rings. The fourth-order valence-electron chi connectivity index (χ4n) is 1.40. The van der Waals surface area contributed by atoms with Gasteiger partial charge in [-0.3, -0.25) is 0 Å². The van der Waals surface area contributed by atoms with E-state index in [4.69, 9.17) is 5.26 Å². The van der Waals surface area contributed by atoms with Gasteiger partial charge in [0, 0.05) is 6.08 Å². The lowest BCUT2D eigenvalue weighted by Crippen LogP contribution is -1.85. The van der Waals surface area contributed by atoms with Gasteiger partial charge in [-0.2, -0.15) is 5.26 Å². The first kappa shape index (κ1) is 10.5. The maximum Gasteiger partial charge on any atom is 0.0911 e. The zero-order chi connectivity index (χ0) is 10.2. The lowest BCUT2D eigenvalue weighted by molar-refractivity contribution is 0.812. The molecule has 0 spiro atoms. The second-order valence-electron chi connectivity index (χ2n) is 3.46. The number of rotatable bonds is 4. The third-order valence-corrected chi connectivity index (χ3v) is 2.19. The number of allylic oxidation sites excluding steroid dienone is 2. The van der Waals surface area contributed by atoms with Crippen LogP contribution in [0.1, 0.15) is 25.3 Å². The van der Waals surface area contributed by atoms with Crippen LogP contribution < -0.4 is 0 Å². The Labute approximate surface area is 85.7 Å². The monoisotopic (exact) mass is 185 g/mol. The first-order chi connectivity index (χ1) is 6.83. The fraction of sp³-hybridized carbons (Fsp3) is 0.308. The minimum Gasteiger partial charge on any atom is -0.193 e. The van der Waals surface area contributed by atoms with Crippen molar-refractivity contribution < 1.29 is 0 Å². The maximum absolute atomic E-state index is 8.43. The Balaban J connectivity index is 2.30. The van der Waals surface area contributed by atoms with Crippen LogP contribution >= 0.6 is 0 Å². The molecule has 1 heteroatoms. The molecule has 0 atom stereocenters. The van der Waals surface area contributed by atoms with Gasteiger partial charge in [0.25, 0.3) is 0 Å². The van der Waals surface area contributed by atoms with Gasteiger partial charge in [-0.15, -0.1) is 0 Å². The van der Waals surface area contributed by atoms with Crippen molar-refractivity contribution in [1.29, 1.82) is 5.26 Å². The Kier molecular flexibility index (Phi) is 4.50. The molecule has 0 radical (unpaired) electrons. The molecule has 0 N–H and O–H groups in total. The van der Waals surface area contributed by atoms with Gasteiger partial charge >= 0.3 is 0 Å². The molecule has 0 unspecified atom stereocenters. The van der Waals surface area contributed by atoms with E-state index in [2.05, 4.69) is 30.3 Å². The number of nitrogens with zero attached hydrogens (tertiary/aromatic N) is 1. The van der Waals surface area contributed by atoms with Crippen molar-refractivity contribution in [2.75, 3.05) is 0 Å². The first-order valence-electron chi connectivity index (χ1n) is 4.92. The molecule has 0 saturated carbocycles. The number of hydrogen-bond donors (Lipinski definition) is 0. The van der Waals surface area contributed by atoms with Crippen LogP contribution in [-0.2, 0) is 6.42 Å². The molecular formula is C13H15N. The topological polar surface area (TPSA) is 23.8 Å². The van der Waals surface area contributed by atoms with E-state index in [-0.39, 0.29) is 0 Å². The van der Waals surface area contributed by atoms with Gasteiger partial charge in [-0.05, 0) is 31.7 Å². The Morgan fingerprint density at radius 2 is 2.07 bits per heavy atom. The van der Waals surface area contributed by atoms with Gasteiger partial charge in [0.15, 0.2) is 0 Å². The zero-order valence-corrected chi connectivity index (χ0v) is 8.53. The SMILES string of the molecule is C/C(=C\C#N)CCCc1ccccc1. The molecule has 0 fully saturated rings. The van der Waals surface area contributed by atoms with Crippen LogP contribution in [0.15, 0.2) is 42.0 Å². The predicted molar refractivity (Wildman–Crippen MR) is 58.8 cm³/mol. The molecule has 0 heterocycles. The van der Waals surface area contributed by atoms with Crippen LogP contribution in [0.2, 0.25) is 0 Å². The number of benzene rings is 1. The lowest BCUT2D eigenvalue weighted by Gasteiger charge is -2.00. The summed E-state index contributed by atoms with van der Waals surface area (Å²) in [5, 5.41) is 8.43. The molecule has 1 aromatic carbocycles. The van der Waals surface area contributed by atoms with E-state index >= 15 is 0 Å². The summed E-state index contributed by atoms with van der Waals surface area (Å²) in [5.74, 6) is 0. The molecule has 1 nitrogen and oxygen atoms in total. The predicted octanol–water partition coefficient (Wildman–Crippen LogP) is 3.48. The molecule has 0 amide bonds. The van der Waals surface area contributed by atoms with Crippen LogP contribution in [0.25, 0.3) is 0 Å². The summed E-state index contributed by atoms with van der Waals surface area (Å²) >= 11 is 0. The molecule has 0 aromatic heterocycles. The molecule has 0 bridgehead atoms. The van der Waals surface area contributed by atoms with Crippen LogP contribution in [-0.4, -0.2) is 0 Å². The quantitative estimate of drug-likeness (QED) is 0.659. The molecule has 0 aliphatic rings. The van der Waals surface area contributed by atoms with Gasteiger partial charge in [0.2, 0.25) is 0 Å². The van der Waals surface area contributed by atoms with Gasteiger partial charge < -0.3 is 0 Å². The third-order valence-electron chi connectivity index (χ3n) is 2.19. The highest BCUT2D eigenvalue weighted by molar-refractivity contribution is 5.15. The largest absolute Gasteiger partial charge is 0.193 e. The van der Waals surface area contributed by atoms with Crippen molar-refractivity contribution in [3.8, 4) is 6.07 Å². The second-order valence-corrected chi connectivity index (χ2v) is 3.46. The highest BCUT2D eigenvalue weighted by Crippen LogP contribution is 2.09. The standard InChI is InChI=1S/C13H15N/c1-12(10-11-14)6-5-9-13-7-3-2-4-8-13/h2-4,7-8,10H,5-6,9H2,1H3/b12-10+. The smallest absolute Gasteiger partial charge is 0.0911 e. The normalized spacial score (nSPS) is 11.0. The average molecular weight is 185 g/mol. The Hall–Kier alpha value is -1.55. The van der Waals surface area contributed by atoms with Crippen molar-refractivity contribution in [2.24, 2.45) is 0 Å². The van der Waals surface area contributed by atoms with Crippen LogP contribution in [0, 0.1) is 11.3 Å². The van der Waals surface area contributed by atoms with Crippen molar-refractivity contribution in [3.05, 3.63) is 47.5 Å². The molecular weight excluding hydrogens is 170 g/mol. The zero-order valence-electron chi connectivity index (χ0n) is 8.53. The Morgan fingerprint density at radius 3 is 2.71 bits per heavy atom. The summed E-state index contributed by atoms with van der Waals surface area (Å²) in [5.41, 5.74) is 2.54. The van der Waals surface area contributed by atoms with E-state index in [9.17, 15) is 0 Å². The lowest BCUT2D eigenvalue weighted by atomic mass is 10.1. The summed E-state index contributed by atoms with van der Waals surface area (Å²) < 4.78 is 0. The molecule has 0 aliphatic heterocycles. The number of hydrogen-bond acceptors (Lipinski definition) is 1. The highest BCUT2D eigenvalue weighted by atomic mass is 14.2. The first-order valence-corrected chi connectivity index (χ1v) is 4.92. The fourth-order valence-corrected chi connectivity index (χ4v) is 1.40. The molecule has 72 valence electrons. The van der Waals surface area contributed by atoms with Gasteiger partial charge in [-0.25, -0.2) is 0 Å². The van der Waals surface area contributed by atoms with E-state index in [1.807, 2.05) is 13.0 Å². The van der Waals surface area contributed by atoms with E-state index in [0.29, 0.717) is 0 Å². The molecule has 0 saturated heterocycles. The molecule has 1 rings (SSSR count). The van der Waals surface area contributed by atoms with Crippen molar-refractivity contribution in [1.82, 2.24) is 0 Å². The molecule has 0 aliphatic carbocycles. The second kappa shape index (κ2) is 5.99. The van der Waals surface area contributed by atoms with Crippen LogP contribution in [0.5, 0.6) is 0 Å². The van der Waals surface area contributed by atoms with E-state index < -0.39 is 0 Å². The average Bonchev–Trinajstić information content (AvgIpc) is 2.20. The Morgan fingerprint density at radius 1 is 1.36 bits per heavy atom. The van der Waals surface area contributed by atoms with E-state index in [1.54, 1.807) is 6.08 Å². The molecule has 14 heavy (non-hydrogen) atoms. The number of nitriles is 1. The Bertz CT molecular complexity index is 330. The summed E-state index contributed by atoms with van der Waals surface area (Å²) in [6.07, 6.45) is 4.86.